The van der Waals surface area contributed by atoms with Crippen molar-refractivity contribution >= 4 is 54.1 Å². The van der Waals surface area contributed by atoms with Crippen molar-refractivity contribution in [2.75, 3.05) is 0 Å². The maximum absolute atomic E-state index is 5.57. The summed E-state index contributed by atoms with van der Waals surface area (Å²) in [5.41, 5.74) is 11.0. The van der Waals surface area contributed by atoms with E-state index in [1.54, 1.807) is 0 Å². The molecule has 0 saturated carbocycles. The van der Waals surface area contributed by atoms with Crippen molar-refractivity contribution in [2.45, 2.75) is 6.04 Å². The Morgan fingerprint density at radius 2 is 0.982 bits per heavy atom. The lowest BCUT2D eigenvalue weighted by Gasteiger charge is -2.18. The van der Waals surface area contributed by atoms with Gasteiger partial charge >= 0.3 is 0 Å². The number of aromatic nitrogens is 3. The van der Waals surface area contributed by atoms with E-state index in [9.17, 15) is 0 Å². The minimum atomic E-state index is 0.136. The summed E-state index contributed by atoms with van der Waals surface area (Å²) in [6.45, 7) is 0. The van der Waals surface area contributed by atoms with Gasteiger partial charge in [0, 0.05) is 39.0 Å². The molecule has 262 valence electrons. The maximum Gasteiger partial charge on any atom is 0.0979 e. The number of benzene rings is 7. The first-order chi connectivity index (χ1) is 27.7. The van der Waals surface area contributed by atoms with Gasteiger partial charge in [-0.3, -0.25) is 4.98 Å². The van der Waals surface area contributed by atoms with Crippen LogP contribution in [0.25, 0.3) is 99.0 Å². The van der Waals surface area contributed by atoms with Crippen LogP contribution in [0.4, 0.5) is 0 Å². The molecule has 56 heavy (non-hydrogen) atoms. The average Bonchev–Trinajstić information content (AvgIpc) is 3.28. The van der Waals surface area contributed by atoms with Crippen LogP contribution in [0.15, 0.2) is 194 Å². The molecule has 0 fully saturated rings. The summed E-state index contributed by atoms with van der Waals surface area (Å²) >= 11 is 0. The Hall–Kier alpha value is -7.43. The number of allylic oxidation sites excluding steroid dienone is 2. The fourth-order valence-corrected chi connectivity index (χ4v) is 8.35. The van der Waals surface area contributed by atoms with Crippen molar-refractivity contribution in [3.05, 3.63) is 200 Å². The van der Waals surface area contributed by atoms with E-state index in [1.807, 2.05) is 18.5 Å². The van der Waals surface area contributed by atoms with Crippen LogP contribution in [0.1, 0.15) is 11.6 Å². The van der Waals surface area contributed by atoms with Gasteiger partial charge < -0.3 is 5.32 Å². The second kappa shape index (κ2) is 13.2. The van der Waals surface area contributed by atoms with Gasteiger partial charge in [-0.05, 0) is 74.1 Å². The van der Waals surface area contributed by atoms with Gasteiger partial charge in [-0.2, -0.15) is 0 Å². The van der Waals surface area contributed by atoms with Crippen molar-refractivity contribution in [3.63, 3.8) is 0 Å². The molecule has 10 aromatic rings. The molecule has 0 amide bonds. The van der Waals surface area contributed by atoms with Crippen LogP contribution >= 0.6 is 0 Å². The first-order valence-electron chi connectivity index (χ1n) is 19.0. The highest BCUT2D eigenvalue weighted by Gasteiger charge is 2.20. The summed E-state index contributed by atoms with van der Waals surface area (Å²) < 4.78 is 0. The van der Waals surface area contributed by atoms with Gasteiger partial charge in [-0.25, -0.2) is 9.97 Å². The highest BCUT2D eigenvalue weighted by atomic mass is 14.9. The largest absolute Gasteiger partial charge is 0.381 e. The number of rotatable bonds is 5. The van der Waals surface area contributed by atoms with Gasteiger partial charge in [0.05, 0.1) is 34.2 Å². The fourth-order valence-electron chi connectivity index (χ4n) is 8.35. The molecule has 0 bridgehead atoms. The summed E-state index contributed by atoms with van der Waals surface area (Å²) in [6.07, 6.45) is 10.3. The normalized spacial score (nSPS) is 13.9. The fraction of sp³-hybridized carbons (Fsp3) is 0.0192. The van der Waals surface area contributed by atoms with Crippen molar-refractivity contribution < 1.29 is 0 Å². The number of hydrogen-bond donors (Lipinski definition) is 1. The van der Waals surface area contributed by atoms with Gasteiger partial charge in [0.15, 0.2) is 0 Å². The van der Waals surface area contributed by atoms with Crippen LogP contribution in [0.5, 0.6) is 0 Å². The molecule has 4 heteroatoms. The minimum absolute atomic E-state index is 0.136. The summed E-state index contributed by atoms with van der Waals surface area (Å²) in [5, 5.41) is 12.4. The van der Waals surface area contributed by atoms with E-state index in [1.165, 1.54) is 16.3 Å². The Labute approximate surface area is 324 Å². The Kier molecular flexibility index (Phi) is 7.52. The van der Waals surface area contributed by atoms with E-state index < -0.39 is 0 Å². The average molecular weight is 715 g/mol. The van der Waals surface area contributed by atoms with E-state index >= 15 is 0 Å². The number of dihydropyridines is 1. The molecular weight excluding hydrogens is 681 g/mol. The molecular formula is C52H34N4. The number of fused-ring (bicyclic) bond motifs is 6. The molecule has 7 aromatic carbocycles. The monoisotopic (exact) mass is 714 g/mol. The number of hydrogen-bond acceptors (Lipinski definition) is 4. The predicted octanol–water partition coefficient (Wildman–Crippen LogP) is 13.0. The third kappa shape index (κ3) is 5.42. The second-order valence-corrected chi connectivity index (χ2v) is 14.4. The molecule has 0 aliphatic carbocycles. The molecule has 11 rings (SSSR count). The Balaban J connectivity index is 1.22. The lowest BCUT2D eigenvalue weighted by Crippen LogP contribution is -2.14. The Morgan fingerprint density at radius 1 is 0.411 bits per heavy atom. The molecule has 0 radical (unpaired) electrons. The summed E-state index contributed by atoms with van der Waals surface area (Å²) in [6, 6.07) is 58.6. The van der Waals surface area contributed by atoms with Gasteiger partial charge in [0.2, 0.25) is 0 Å². The maximum atomic E-state index is 5.57. The third-order valence-electron chi connectivity index (χ3n) is 11.2. The van der Waals surface area contributed by atoms with Gasteiger partial charge in [-0.1, -0.05) is 158 Å². The highest BCUT2D eigenvalue weighted by molar-refractivity contribution is 6.14. The van der Waals surface area contributed by atoms with Gasteiger partial charge in [0.1, 0.15) is 0 Å². The molecule has 3 aromatic heterocycles. The zero-order valence-electron chi connectivity index (χ0n) is 30.4. The van der Waals surface area contributed by atoms with Crippen molar-refractivity contribution in [1.29, 1.82) is 0 Å². The molecule has 4 nitrogen and oxygen atoms in total. The number of nitrogens with zero attached hydrogens (tertiary/aromatic N) is 3. The van der Waals surface area contributed by atoms with Crippen LogP contribution in [-0.4, -0.2) is 15.0 Å². The Bertz CT molecular complexity index is 3220. The first-order valence-corrected chi connectivity index (χ1v) is 19.0. The first kappa shape index (κ1) is 32.0. The third-order valence-corrected chi connectivity index (χ3v) is 11.2. The van der Waals surface area contributed by atoms with E-state index in [0.29, 0.717) is 0 Å². The quantitative estimate of drug-likeness (QED) is 0.180. The lowest BCUT2D eigenvalue weighted by molar-refractivity contribution is 0.746. The smallest absolute Gasteiger partial charge is 0.0979 e. The van der Waals surface area contributed by atoms with E-state index in [4.69, 9.17) is 15.0 Å². The summed E-state index contributed by atoms with van der Waals surface area (Å²) in [5.74, 6) is 0. The van der Waals surface area contributed by atoms with Crippen LogP contribution < -0.4 is 5.32 Å². The SMILES string of the molecule is C1=CNC(c2ccc(-c3cc(-c4cccc5ccccc45)nc4c3ccc3c(-c5cc6ccccc6cn5)cc(-c5cccc6ccccc56)nc34)cc2)C=C1. The second-order valence-electron chi connectivity index (χ2n) is 14.4. The number of pyridine rings is 3. The molecule has 0 saturated heterocycles. The summed E-state index contributed by atoms with van der Waals surface area (Å²) in [7, 11) is 0. The van der Waals surface area contributed by atoms with E-state index in [2.05, 4.69) is 181 Å². The van der Waals surface area contributed by atoms with Gasteiger partial charge in [-0.15, -0.1) is 0 Å². The minimum Gasteiger partial charge on any atom is -0.381 e. The van der Waals surface area contributed by atoms with Crippen LogP contribution in [0.2, 0.25) is 0 Å². The van der Waals surface area contributed by atoms with E-state index in [0.717, 1.165) is 88.2 Å². The predicted molar refractivity (Wildman–Crippen MR) is 233 cm³/mol. The van der Waals surface area contributed by atoms with Crippen molar-refractivity contribution in [2.24, 2.45) is 0 Å². The molecule has 0 spiro atoms. The standard InChI is InChI=1S/C52H34N4/c1-2-14-38-32-54-48(29-37(38)13-1)46-31-50(42-20-10-16-34-12-4-6-18-40(34)42)56-52-44(46)27-26-43-45(35-22-24-36(25-23-35)47-21-7-8-28-53-47)30-49(55-51(43)52)41-19-9-15-33-11-3-5-17-39(33)41/h1-32,47,53H. The Morgan fingerprint density at radius 3 is 1.62 bits per heavy atom. The zero-order chi connectivity index (χ0) is 37.0. The molecule has 1 unspecified atom stereocenters. The number of nitrogens with one attached hydrogen (secondary N) is 1. The van der Waals surface area contributed by atoms with Crippen LogP contribution in [-0.2, 0) is 0 Å². The molecule has 1 aliphatic heterocycles. The van der Waals surface area contributed by atoms with Crippen molar-refractivity contribution in [3.8, 4) is 44.9 Å². The molecule has 4 heterocycles. The van der Waals surface area contributed by atoms with Crippen molar-refractivity contribution in [1.82, 2.24) is 20.3 Å². The lowest BCUT2D eigenvalue weighted by atomic mass is 9.92. The highest BCUT2D eigenvalue weighted by Crippen LogP contribution is 2.41. The molecule has 1 aliphatic rings. The van der Waals surface area contributed by atoms with Gasteiger partial charge in [0.25, 0.3) is 0 Å². The van der Waals surface area contributed by atoms with E-state index in [-0.39, 0.29) is 6.04 Å². The zero-order valence-corrected chi connectivity index (χ0v) is 30.4. The van der Waals surface area contributed by atoms with Crippen LogP contribution in [0.3, 0.4) is 0 Å². The van der Waals surface area contributed by atoms with Crippen LogP contribution in [0, 0.1) is 0 Å². The molecule has 1 atom stereocenters. The molecule has 1 N–H and O–H groups in total. The topological polar surface area (TPSA) is 50.7 Å². The summed E-state index contributed by atoms with van der Waals surface area (Å²) in [4.78, 5) is 16.2.